The molecule has 0 atom stereocenters. The Balaban J connectivity index is 1.95. The van der Waals surface area contributed by atoms with E-state index in [0.717, 1.165) is 12.5 Å². The van der Waals surface area contributed by atoms with Crippen molar-refractivity contribution in [2.24, 2.45) is 5.92 Å². The molecule has 2 rings (SSSR count). The molecule has 1 heterocycles. The van der Waals surface area contributed by atoms with Crippen LogP contribution in [0.3, 0.4) is 0 Å². The first kappa shape index (κ1) is 12.0. The smallest absolute Gasteiger partial charge is 0.242 e. The number of nitrogens with zero attached hydrogens (tertiary/aromatic N) is 2. The number of aromatic nitrogens is 2. The Morgan fingerprint density at radius 1 is 1.47 bits per heavy atom. The Morgan fingerprint density at radius 3 is 2.88 bits per heavy atom. The number of hydrogen-bond donors (Lipinski definition) is 2. The van der Waals surface area contributed by atoms with E-state index in [4.69, 9.17) is 10.5 Å². The van der Waals surface area contributed by atoms with Crippen LogP contribution in [-0.2, 0) is 0 Å². The average molecular weight is 236 g/mol. The summed E-state index contributed by atoms with van der Waals surface area (Å²) in [5.74, 6) is 2.04. The van der Waals surface area contributed by atoms with Crippen molar-refractivity contribution in [2.45, 2.75) is 39.2 Å². The average Bonchev–Trinajstić information content (AvgIpc) is 3.07. The second kappa shape index (κ2) is 5.21. The Hall–Kier alpha value is -1.52. The molecule has 94 valence electrons. The molecule has 0 aliphatic heterocycles. The SMILES string of the molecule is CC(C)Oc1ncnc(NCCC2CC2)c1N. The van der Waals surface area contributed by atoms with Gasteiger partial charge in [0.15, 0.2) is 5.82 Å². The maximum absolute atomic E-state index is 5.95. The van der Waals surface area contributed by atoms with Crippen molar-refractivity contribution < 1.29 is 4.74 Å². The summed E-state index contributed by atoms with van der Waals surface area (Å²) in [4.78, 5) is 8.17. The zero-order valence-corrected chi connectivity index (χ0v) is 10.4. The van der Waals surface area contributed by atoms with Crippen molar-refractivity contribution in [1.82, 2.24) is 9.97 Å². The first-order valence-electron chi connectivity index (χ1n) is 6.18. The lowest BCUT2D eigenvalue weighted by Gasteiger charge is -2.13. The predicted molar refractivity (Wildman–Crippen MR) is 68.0 cm³/mol. The molecular weight excluding hydrogens is 216 g/mol. The number of nitrogens with two attached hydrogens (primary N) is 1. The summed E-state index contributed by atoms with van der Waals surface area (Å²) in [5, 5.41) is 3.24. The Morgan fingerprint density at radius 2 is 2.24 bits per heavy atom. The Labute approximate surface area is 102 Å². The van der Waals surface area contributed by atoms with E-state index in [1.807, 2.05) is 13.8 Å². The molecule has 1 saturated carbocycles. The highest BCUT2D eigenvalue weighted by Gasteiger charge is 2.20. The lowest BCUT2D eigenvalue weighted by Crippen LogP contribution is -2.12. The van der Waals surface area contributed by atoms with E-state index in [-0.39, 0.29) is 6.10 Å². The number of anilines is 2. The van der Waals surface area contributed by atoms with Crippen molar-refractivity contribution >= 4 is 11.5 Å². The number of nitrogen functional groups attached to an aromatic ring is 1. The number of hydrogen-bond acceptors (Lipinski definition) is 5. The molecule has 0 radical (unpaired) electrons. The molecule has 0 bridgehead atoms. The molecule has 0 saturated heterocycles. The van der Waals surface area contributed by atoms with Crippen molar-refractivity contribution in [3.8, 4) is 5.88 Å². The van der Waals surface area contributed by atoms with Gasteiger partial charge < -0.3 is 15.8 Å². The van der Waals surface area contributed by atoms with Crippen LogP contribution in [0, 0.1) is 5.92 Å². The lowest BCUT2D eigenvalue weighted by atomic mass is 10.3. The fourth-order valence-corrected chi connectivity index (χ4v) is 1.64. The van der Waals surface area contributed by atoms with Crippen LogP contribution < -0.4 is 15.8 Å². The van der Waals surface area contributed by atoms with E-state index in [2.05, 4.69) is 15.3 Å². The molecule has 5 nitrogen and oxygen atoms in total. The van der Waals surface area contributed by atoms with Gasteiger partial charge >= 0.3 is 0 Å². The lowest BCUT2D eigenvalue weighted by molar-refractivity contribution is 0.234. The van der Waals surface area contributed by atoms with E-state index in [9.17, 15) is 0 Å². The van der Waals surface area contributed by atoms with Crippen LogP contribution in [0.5, 0.6) is 5.88 Å². The second-order valence-electron chi connectivity index (χ2n) is 4.77. The van der Waals surface area contributed by atoms with E-state index in [1.165, 1.54) is 25.6 Å². The molecule has 1 aliphatic carbocycles. The van der Waals surface area contributed by atoms with Gasteiger partial charge in [-0.1, -0.05) is 12.8 Å². The summed E-state index contributed by atoms with van der Waals surface area (Å²) in [6.45, 7) is 4.80. The largest absolute Gasteiger partial charge is 0.473 e. The molecule has 0 amide bonds. The van der Waals surface area contributed by atoms with Gasteiger partial charge in [0.2, 0.25) is 5.88 Å². The first-order valence-corrected chi connectivity index (χ1v) is 6.18. The zero-order valence-electron chi connectivity index (χ0n) is 10.4. The van der Waals surface area contributed by atoms with Gasteiger partial charge in [0, 0.05) is 6.54 Å². The summed E-state index contributed by atoms with van der Waals surface area (Å²) in [6, 6.07) is 0. The van der Waals surface area contributed by atoms with Crippen LogP contribution in [0.2, 0.25) is 0 Å². The van der Waals surface area contributed by atoms with Crippen LogP contribution >= 0.6 is 0 Å². The first-order chi connectivity index (χ1) is 8.16. The van der Waals surface area contributed by atoms with E-state index < -0.39 is 0 Å². The molecule has 5 heteroatoms. The minimum absolute atomic E-state index is 0.0616. The fraction of sp³-hybridized carbons (Fsp3) is 0.667. The van der Waals surface area contributed by atoms with Gasteiger partial charge in [-0.15, -0.1) is 0 Å². The van der Waals surface area contributed by atoms with Gasteiger partial charge in [0.25, 0.3) is 0 Å². The van der Waals surface area contributed by atoms with E-state index in [1.54, 1.807) is 0 Å². The van der Waals surface area contributed by atoms with Crippen LogP contribution in [0.1, 0.15) is 33.1 Å². The highest BCUT2D eigenvalue weighted by molar-refractivity contribution is 5.66. The van der Waals surface area contributed by atoms with E-state index >= 15 is 0 Å². The van der Waals surface area contributed by atoms with Crippen molar-refractivity contribution in [3.63, 3.8) is 0 Å². The monoisotopic (exact) mass is 236 g/mol. The highest BCUT2D eigenvalue weighted by Crippen LogP contribution is 2.32. The number of nitrogens with one attached hydrogen (secondary N) is 1. The highest BCUT2D eigenvalue weighted by atomic mass is 16.5. The molecule has 1 aromatic heterocycles. The maximum atomic E-state index is 5.95. The zero-order chi connectivity index (χ0) is 12.3. The molecule has 0 spiro atoms. The molecule has 0 unspecified atom stereocenters. The second-order valence-corrected chi connectivity index (χ2v) is 4.77. The third kappa shape index (κ3) is 3.47. The van der Waals surface area contributed by atoms with E-state index in [0.29, 0.717) is 17.4 Å². The summed E-state index contributed by atoms with van der Waals surface area (Å²) in [7, 11) is 0. The minimum Gasteiger partial charge on any atom is -0.473 e. The third-order valence-corrected chi connectivity index (χ3v) is 2.74. The molecule has 1 fully saturated rings. The molecular formula is C12H20N4O. The summed E-state index contributed by atoms with van der Waals surface area (Å²) in [6.07, 6.45) is 5.45. The molecule has 0 aromatic carbocycles. The van der Waals surface area contributed by atoms with Gasteiger partial charge in [-0.3, -0.25) is 0 Å². The summed E-state index contributed by atoms with van der Waals surface area (Å²) in [5.41, 5.74) is 6.45. The quantitative estimate of drug-likeness (QED) is 0.791. The van der Waals surface area contributed by atoms with Gasteiger partial charge in [0.1, 0.15) is 12.0 Å². The Kier molecular flexibility index (Phi) is 3.66. The van der Waals surface area contributed by atoms with Crippen molar-refractivity contribution in [1.29, 1.82) is 0 Å². The van der Waals surface area contributed by atoms with Gasteiger partial charge in [0.05, 0.1) is 6.10 Å². The maximum Gasteiger partial charge on any atom is 0.242 e. The summed E-state index contributed by atoms with van der Waals surface area (Å²) < 4.78 is 5.51. The molecule has 3 N–H and O–H groups in total. The normalized spacial score (nSPS) is 15.0. The van der Waals surface area contributed by atoms with Crippen molar-refractivity contribution in [2.75, 3.05) is 17.6 Å². The number of rotatable bonds is 6. The van der Waals surface area contributed by atoms with Gasteiger partial charge in [-0.05, 0) is 26.2 Å². The minimum atomic E-state index is 0.0616. The summed E-state index contributed by atoms with van der Waals surface area (Å²) >= 11 is 0. The third-order valence-electron chi connectivity index (χ3n) is 2.74. The molecule has 17 heavy (non-hydrogen) atoms. The number of ether oxygens (including phenoxy) is 1. The van der Waals surface area contributed by atoms with Gasteiger partial charge in [-0.2, -0.15) is 4.98 Å². The fourth-order valence-electron chi connectivity index (χ4n) is 1.64. The van der Waals surface area contributed by atoms with Gasteiger partial charge in [-0.25, -0.2) is 4.98 Å². The van der Waals surface area contributed by atoms with Crippen molar-refractivity contribution in [3.05, 3.63) is 6.33 Å². The van der Waals surface area contributed by atoms with Crippen LogP contribution in [0.4, 0.5) is 11.5 Å². The molecule has 1 aromatic rings. The van der Waals surface area contributed by atoms with Crippen LogP contribution in [0.25, 0.3) is 0 Å². The molecule has 1 aliphatic rings. The predicted octanol–water partition coefficient (Wildman–Crippen LogP) is 2.06. The van der Waals surface area contributed by atoms with Crippen LogP contribution in [-0.4, -0.2) is 22.6 Å². The standard InChI is InChI=1S/C12H20N4O/c1-8(2)17-12-10(13)11(15-7-16-12)14-6-5-9-3-4-9/h7-9H,3-6,13H2,1-2H3,(H,14,15,16). The Bertz CT molecular complexity index is 377. The van der Waals surface area contributed by atoms with Crippen LogP contribution in [0.15, 0.2) is 6.33 Å². The topological polar surface area (TPSA) is 73.1 Å².